The van der Waals surface area contributed by atoms with Gasteiger partial charge in [-0.15, -0.1) is 0 Å². The van der Waals surface area contributed by atoms with Crippen molar-refractivity contribution in [1.82, 2.24) is 14.9 Å². The Morgan fingerprint density at radius 2 is 2.53 bits per heavy atom. The summed E-state index contributed by atoms with van der Waals surface area (Å²) in [7, 11) is 3.24. The number of rotatable bonds is 4. The van der Waals surface area contributed by atoms with Crippen LogP contribution < -0.4 is 10.1 Å². The van der Waals surface area contributed by atoms with Gasteiger partial charge in [0.25, 0.3) is 0 Å². The molecule has 7 nitrogen and oxygen atoms in total. The molecule has 1 aliphatic heterocycles. The van der Waals surface area contributed by atoms with Gasteiger partial charge in [0.15, 0.2) is 0 Å². The minimum Gasteiger partial charge on any atom is -0.467 e. The zero-order chi connectivity index (χ0) is 13.7. The third-order valence-electron chi connectivity index (χ3n) is 2.95. The molecule has 0 bridgehead atoms. The lowest BCUT2D eigenvalue weighted by Crippen LogP contribution is -2.35. The number of anilines is 1. The van der Waals surface area contributed by atoms with Crippen molar-refractivity contribution in [3.8, 4) is 6.01 Å². The lowest BCUT2D eigenvalue weighted by molar-refractivity contribution is 0.175. The van der Waals surface area contributed by atoms with Gasteiger partial charge in [-0.25, -0.2) is 9.78 Å². The Morgan fingerprint density at radius 3 is 3.21 bits per heavy atom. The van der Waals surface area contributed by atoms with Crippen molar-refractivity contribution in [2.45, 2.75) is 6.42 Å². The predicted molar refractivity (Wildman–Crippen MR) is 69.2 cm³/mol. The maximum Gasteiger partial charge on any atom is 0.322 e. The van der Waals surface area contributed by atoms with Crippen LogP contribution in [0.1, 0.15) is 6.42 Å². The maximum atomic E-state index is 12.0. The lowest BCUT2D eigenvalue weighted by atomic mass is 10.1. The summed E-state index contributed by atoms with van der Waals surface area (Å²) in [6, 6.07) is 1.64. The van der Waals surface area contributed by atoms with Gasteiger partial charge in [0.05, 0.1) is 13.7 Å². The first-order valence-corrected chi connectivity index (χ1v) is 6.16. The molecule has 1 atom stereocenters. The molecule has 0 radical (unpaired) electrons. The summed E-state index contributed by atoms with van der Waals surface area (Å²) in [6.07, 6.45) is 2.53. The molecular formula is C12H18N4O3. The minimum atomic E-state index is -0.201. The Labute approximate surface area is 111 Å². The number of aromatic nitrogens is 2. The van der Waals surface area contributed by atoms with E-state index in [0.717, 1.165) is 19.6 Å². The van der Waals surface area contributed by atoms with E-state index < -0.39 is 0 Å². The van der Waals surface area contributed by atoms with Crippen molar-refractivity contribution < 1.29 is 14.3 Å². The third kappa shape index (κ3) is 3.78. The fourth-order valence-corrected chi connectivity index (χ4v) is 1.91. The number of amides is 2. The molecule has 0 aromatic carbocycles. The van der Waals surface area contributed by atoms with E-state index in [4.69, 9.17) is 9.47 Å². The number of urea groups is 1. The Kier molecular flexibility index (Phi) is 4.51. The van der Waals surface area contributed by atoms with Gasteiger partial charge in [-0.2, -0.15) is 4.98 Å². The molecule has 2 rings (SSSR count). The normalized spacial score (nSPS) is 18.1. The van der Waals surface area contributed by atoms with Gasteiger partial charge in [-0.3, -0.25) is 5.32 Å². The van der Waals surface area contributed by atoms with E-state index in [0.29, 0.717) is 18.3 Å². The number of hydrogen-bond acceptors (Lipinski definition) is 5. The minimum absolute atomic E-state index is 0.201. The van der Waals surface area contributed by atoms with Crippen LogP contribution in [0.25, 0.3) is 0 Å². The number of carbonyl (C=O) groups excluding carboxylic acids is 1. The number of nitrogens with zero attached hydrogens (tertiary/aromatic N) is 3. The monoisotopic (exact) mass is 266 g/mol. The summed E-state index contributed by atoms with van der Waals surface area (Å²) in [5.74, 6) is 0.835. The molecule has 19 heavy (non-hydrogen) atoms. The van der Waals surface area contributed by atoms with Crippen molar-refractivity contribution in [1.29, 1.82) is 0 Å². The molecule has 0 saturated carbocycles. The van der Waals surface area contributed by atoms with Gasteiger partial charge in [-0.05, 0) is 12.5 Å². The summed E-state index contributed by atoms with van der Waals surface area (Å²) in [6.45, 7) is 2.18. The highest BCUT2D eigenvalue weighted by atomic mass is 16.5. The van der Waals surface area contributed by atoms with Crippen LogP contribution in [0.3, 0.4) is 0 Å². The van der Waals surface area contributed by atoms with Crippen LogP contribution >= 0.6 is 0 Å². The smallest absolute Gasteiger partial charge is 0.322 e. The Hall–Kier alpha value is -1.89. The number of methoxy groups -OCH3 is 1. The average Bonchev–Trinajstić information content (AvgIpc) is 2.91. The van der Waals surface area contributed by atoms with Crippen LogP contribution in [0.4, 0.5) is 10.6 Å². The van der Waals surface area contributed by atoms with Gasteiger partial charge in [0.2, 0.25) is 0 Å². The van der Waals surface area contributed by atoms with Crippen molar-refractivity contribution >= 4 is 11.8 Å². The maximum absolute atomic E-state index is 12.0. The Morgan fingerprint density at radius 1 is 1.68 bits per heavy atom. The molecule has 2 amide bonds. The van der Waals surface area contributed by atoms with Gasteiger partial charge < -0.3 is 14.4 Å². The summed E-state index contributed by atoms with van der Waals surface area (Å²) >= 11 is 0. The van der Waals surface area contributed by atoms with E-state index in [9.17, 15) is 4.79 Å². The standard InChI is InChI=1S/C12H18N4O3/c1-16(7-9-4-6-19-8-9)12(17)15-10-3-5-13-11(14-10)18-2/h3,5,9H,4,6-8H2,1-2H3,(H,13,14,15,17). The van der Waals surface area contributed by atoms with E-state index in [2.05, 4.69) is 15.3 Å². The molecule has 2 heterocycles. The highest BCUT2D eigenvalue weighted by molar-refractivity contribution is 5.88. The van der Waals surface area contributed by atoms with E-state index >= 15 is 0 Å². The Bertz CT molecular complexity index is 435. The molecule has 0 aliphatic carbocycles. The average molecular weight is 266 g/mol. The van der Waals surface area contributed by atoms with Crippen LogP contribution in [-0.2, 0) is 4.74 Å². The first kappa shape index (κ1) is 13.5. The Balaban J connectivity index is 1.88. The molecule has 7 heteroatoms. The van der Waals surface area contributed by atoms with Gasteiger partial charge in [0, 0.05) is 32.3 Å². The van der Waals surface area contributed by atoms with Crippen LogP contribution in [0, 0.1) is 5.92 Å². The first-order valence-electron chi connectivity index (χ1n) is 6.16. The van der Waals surface area contributed by atoms with Gasteiger partial charge >= 0.3 is 12.0 Å². The van der Waals surface area contributed by atoms with E-state index in [1.165, 1.54) is 13.3 Å². The molecule has 1 unspecified atom stereocenters. The SMILES string of the molecule is COc1nccc(NC(=O)N(C)CC2CCOC2)n1. The number of ether oxygens (including phenoxy) is 2. The summed E-state index contributed by atoms with van der Waals surface area (Å²) in [5.41, 5.74) is 0. The molecule has 1 aliphatic rings. The molecule has 0 spiro atoms. The van der Waals surface area contributed by atoms with Gasteiger partial charge in [0.1, 0.15) is 5.82 Å². The summed E-state index contributed by atoms with van der Waals surface area (Å²) < 4.78 is 10.2. The number of hydrogen-bond donors (Lipinski definition) is 1. The number of nitrogens with one attached hydrogen (secondary N) is 1. The quantitative estimate of drug-likeness (QED) is 0.879. The molecule has 1 fully saturated rings. The van der Waals surface area contributed by atoms with Gasteiger partial charge in [-0.1, -0.05) is 0 Å². The fourth-order valence-electron chi connectivity index (χ4n) is 1.91. The van der Waals surface area contributed by atoms with Crippen molar-refractivity contribution in [2.24, 2.45) is 5.92 Å². The zero-order valence-electron chi connectivity index (χ0n) is 11.1. The molecule has 1 aromatic rings. The van der Waals surface area contributed by atoms with Crippen molar-refractivity contribution in [3.05, 3.63) is 12.3 Å². The predicted octanol–water partition coefficient (Wildman–Crippen LogP) is 0.985. The molecule has 1 N–H and O–H groups in total. The van der Waals surface area contributed by atoms with E-state index in [1.807, 2.05) is 0 Å². The molecule has 1 aromatic heterocycles. The summed E-state index contributed by atoms with van der Waals surface area (Å²) in [4.78, 5) is 21.5. The van der Waals surface area contributed by atoms with Crippen molar-refractivity contribution in [3.63, 3.8) is 0 Å². The zero-order valence-corrected chi connectivity index (χ0v) is 11.1. The van der Waals surface area contributed by atoms with Crippen LogP contribution in [-0.4, -0.2) is 54.8 Å². The second-order valence-corrected chi connectivity index (χ2v) is 4.47. The van der Waals surface area contributed by atoms with Crippen LogP contribution in [0.5, 0.6) is 6.01 Å². The first-order chi connectivity index (χ1) is 9.19. The fraction of sp³-hybridized carbons (Fsp3) is 0.583. The largest absolute Gasteiger partial charge is 0.467 e. The molecular weight excluding hydrogens is 248 g/mol. The van der Waals surface area contributed by atoms with E-state index in [1.54, 1.807) is 18.0 Å². The topological polar surface area (TPSA) is 76.6 Å². The second-order valence-electron chi connectivity index (χ2n) is 4.47. The number of carbonyl (C=O) groups is 1. The lowest BCUT2D eigenvalue weighted by Gasteiger charge is -2.20. The van der Waals surface area contributed by atoms with Crippen LogP contribution in [0.15, 0.2) is 12.3 Å². The molecule has 1 saturated heterocycles. The second kappa shape index (κ2) is 6.33. The van der Waals surface area contributed by atoms with E-state index in [-0.39, 0.29) is 12.0 Å². The highest BCUT2D eigenvalue weighted by Crippen LogP contribution is 2.14. The van der Waals surface area contributed by atoms with Crippen molar-refractivity contribution in [2.75, 3.05) is 39.2 Å². The van der Waals surface area contributed by atoms with Crippen LogP contribution in [0.2, 0.25) is 0 Å². The molecule has 104 valence electrons. The third-order valence-corrected chi connectivity index (χ3v) is 2.95. The summed E-state index contributed by atoms with van der Waals surface area (Å²) in [5, 5.41) is 2.71. The highest BCUT2D eigenvalue weighted by Gasteiger charge is 2.20.